The fourth-order valence-corrected chi connectivity index (χ4v) is 5.69. The topological polar surface area (TPSA) is 103 Å². The van der Waals surface area contributed by atoms with Gasteiger partial charge in [-0.15, -0.1) is 0 Å². The van der Waals surface area contributed by atoms with E-state index in [1.807, 2.05) is 31.3 Å². The summed E-state index contributed by atoms with van der Waals surface area (Å²) in [5, 5.41) is 14.5. The number of aromatic nitrogens is 2. The van der Waals surface area contributed by atoms with Crippen LogP contribution in [0.2, 0.25) is 0 Å². The number of aryl methyl sites for hydroxylation is 1. The standard InChI is InChI=1S/C25H27N3O5/c1-14-24(23(30)31)12-25(14,13-24)27-10-18-20(32-3)7-15(8-21(18)33-4)19-11-28(2)22(29)17-9-26-6-5-16(17)19/h5-9,11,14,27H,10,12-13H2,1-4H3,(H,30,31). The van der Waals surface area contributed by atoms with Crippen LogP contribution in [-0.4, -0.2) is 40.4 Å². The Balaban J connectivity index is 1.51. The summed E-state index contributed by atoms with van der Waals surface area (Å²) in [6, 6.07) is 5.73. The predicted molar refractivity (Wildman–Crippen MR) is 124 cm³/mol. The maximum atomic E-state index is 12.5. The molecule has 6 rings (SSSR count). The fourth-order valence-electron chi connectivity index (χ4n) is 5.69. The number of carbonyl (C=O) groups is 1. The van der Waals surface area contributed by atoms with Gasteiger partial charge in [-0.05, 0) is 47.9 Å². The molecule has 0 radical (unpaired) electrons. The first-order valence-electron chi connectivity index (χ1n) is 10.9. The zero-order chi connectivity index (χ0) is 23.5. The highest BCUT2D eigenvalue weighted by Crippen LogP contribution is 2.71. The molecule has 3 fully saturated rings. The summed E-state index contributed by atoms with van der Waals surface area (Å²) in [4.78, 5) is 28.2. The molecule has 8 nitrogen and oxygen atoms in total. The Hall–Kier alpha value is -3.39. The molecule has 3 aliphatic carbocycles. The average molecular weight is 450 g/mol. The van der Waals surface area contributed by atoms with E-state index < -0.39 is 11.4 Å². The van der Waals surface area contributed by atoms with Crippen LogP contribution in [0.1, 0.15) is 25.3 Å². The van der Waals surface area contributed by atoms with E-state index in [9.17, 15) is 14.7 Å². The van der Waals surface area contributed by atoms with Crippen LogP contribution in [0.4, 0.5) is 0 Å². The van der Waals surface area contributed by atoms with E-state index in [0.717, 1.165) is 22.1 Å². The van der Waals surface area contributed by atoms with Crippen molar-refractivity contribution in [2.45, 2.75) is 31.8 Å². The molecule has 3 aromatic rings. The van der Waals surface area contributed by atoms with E-state index in [0.29, 0.717) is 36.3 Å². The molecular formula is C25H27N3O5. The van der Waals surface area contributed by atoms with E-state index in [1.54, 1.807) is 38.2 Å². The Morgan fingerprint density at radius 2 is 1.91 bits per heavy atom. The molecule has 1 unspecified atom stereocenters. The molecule has 2 heterocycles. The van der Waals surface area contributed by atoms with Gasteiger partial charge in [0.2, 0.25) is 0 Å². The molecule has 1 atom stereocenters. The number of ether oxygens (including phenoxy) is 2. The minimum Gasteiger partial charge on any atom is -0.496 e. The maximum Gasteiger partial charge on any atom is 0.310 e. The summed E-state index contributed by atoms with van der Waals surface area (Å²) in [6.07, 6.45) is 6.37. The van der Waals surface area contributed by atoms with Crippen molar-refractivity contribution in [1.29, 1.82) is 0 Å². The van der Waals surface area contributed by atoms with E-state index in [1.165, 1.54) is 0 Å². The maximum absolute atomic E-state index is 12.5. The van der Waals surface area contributed by atoms with Gasteiger partial charge < -0.3 is 24.5 Å². The molecule has 3 aliphatic rings. The monoisotopic (exact) mass is 449 g/mol. The van der Waals surface area contributed by atoms with E-state index >= 15 is 0 Å². The Bertz CT molecular complexity index is 1310. The summed E-state index contributed by atoms with van der Waals surface area (Å²) in [7, 11) is 4.96. The van der Waals surface area contributed by atoms with E-state index in [2.05, 4.69) is 10.3 Å². The third-order valence-corrected chi connectivity index (χ3v) is 7.87. The number of pyridine rings is 2. The second kappa shape index (κ2) is 7.31. The van der Waals surface area contributed by atoms with Crippen molar-refractivity contribution in [3.8, 4) is 22.6 Å². The van der Waals surface area contributed by atoms with Gasteiger partial charge in [-0.2, -0.15) is 0 Å². The molecule has 3 saturated carbocycles. The first-order chi connectivity index (χ1) is 15.8. The molecule has 2 aromatic heterocycles. The fraction of sp³-hybridized carbons (Fsp3) is 0.400. The largest absolute Gasteiger partial charge is 0.496 e. The lowest BCUT2D eigenvalue weighted by Crippen LogP contribution is -2.82. The molecule has 2 bridgehead atoms. The number of nitrogens with zero attached hydrogens (tertiary/aromatic N) is 2. The lowest BCUT2D eigenvalue weighted by molar-refractivity contribution is -0.234. The van der Waals surface area contributed by atoms with Crippen LogP contribution in [0, 0.1) is 11.3 Å². The zero-order valence-corrected chi connectivity index (χ0v) is 19.1. The van der Waals surface area contributed by atoms with Gasteiger partial charge >= 0.3 is 5.97 Å². The predicted octanol–water partition coefficient (Wildman–Crippen LogP) is 2.96. The SMILES string of the molecule is COc1cc(-c2cn(C)c(=O)c3cnccc23)cc(OC)c1CNC12CC(C(=O)O)(C1)C2C. The molecule has 0 saturated heterocycles. The number of methoxy groups -OCH3 is 2. The highest BCUT2D eigenvalue weighted by atomic mass is 16.5. The zero-order valence-electron chi connectivity index (χ0n) is 19.1. The number of aliphatic carboxylic acids is 1. The number of carboxylic acid groups (broad SMARTS) is 1. The highest BCUT2D eigenvalue weighted by molar-refractivity contribution is 5.95. The molecule has 1 aromatic carbocycles. The van der Waals surface area contributed by atoms with Crippen molar-refractivity contribution < 1.29 is 19.4 Å². The van der Waals surface area contributed by atoms with Gasteiger partial charge in [-0.3, -0.25) is 14.6 Å². The van der Waals surface area contributed by atoms with Crippen molar-refractivity contribution in [3.05, 3.63) is 52.7 Å². The van der Waals surface area contributed by atoms with Crippen molar-refractivity contribution >= 4 is 16.7 Å². The molecular weight excluding hydrogens is 422 g/mol. The van der Waals surface area contributed by atoms with E-state index in [4.69, 9.17) is 9.47 Å². The van der Waals surface area contributed by atoms with Gasteiger partial charge in [0.1, 0.15) is 11.5 Å². The first-order valence-corrected chi connectivity index (χ1v) is 10.9. The van der Waals surface area contributed by atoms with Crippen LogP contribution in [0.3, 0.4) is 0 Å². The number of carboxylic acids is 1. The smallest absolute Gasteiger partial charge is 0.310 e. The van der Waals surface area contributed by atoms with Crippen LogP contribution in [0.25, 0.3) is 21.9 Å². The number of benzene rings is 1. The minimum atomic E-state index is -0.696. The lowest BCUT2D eigenvalue weighted by atomic mass is 9.33. The van der Waals surface area contributed by atoms with Gasteiger partial charge in [0.05, 0.1) is 25.0 Å². The number of nitrogens with one attached hydrogen (secondary N) is 1. The second-order valence-corrected chi connectivity index (χ2v) is 9.29. The summed E-state index contributed by atoms with van der Waals surface area (Å²) in [6.45, 7) is 2.51. The molecule has 172 valence electrons. The number of hydrogen-bond donors (Lipinski definition) is 2. The van der Waals surface area contributed by atoms with Gasteiger partial charge in [0, 0.05) is 48.8 Å². The summed E-state index contributed by atoms with van der Waals surface area (Å²) < 4.78 is 13.0. The molecule has 0 amide bonds. The molecule has 0 aliphatic heterocycles. The summed E-state index contributed by atoms with van der Waals surface area (Å²) in [5.41, 5.74) is 1.80. The van der Waals surface area contributed by atoms with Crippen molar-refractivity contribution in [2.24, 2.45) is 18.4 Å². The Labute approximate surface area is 191 Å². The van der Waals surface area contributed by atoms with Crippen molar-refractivity contribution in [1.82, 2.24) is 14.9 Å². The molecule has 0 spiro atoms. The van der Waals surface area contributed by atoms with Crippen LogP contribution >= 0.6 is 0 Å². The first kappa shape index (κ1) is 21.5. The van der Waals surface area contributed by atoms with Crippen LogP contribution in [0.15, 0.2) is 41.6 Å². The quantitative estimate of drug-likeness (QED) is 0.572. The van der Waals surface area contributed by atoms with Gasteiger partial charge in [0.25, 0.3) is 5.56 Å². The highest BCUT2D eigenvalue weighted by Gasteiger charge is 2.77. The Kier molecular flexibility index (Phi) is 4.75. The van der Waals surface area contributed by atoms with Crippen LogP contribution in [0.5, 0.6) is 11.5 Å². The lowest BCUT2D eigenvalue weighted by Gasteiger charge is -2.73. The second-order valence-electron chi connectivity index (χ2n) is 9.29. The summed E-state index contributed by atoms with van der Waals surface area (Å²) >= 11 is 0. The number of fused-ring (bicyclic) bond motifs is 1. The van der Waals surface area contributed by atoms with Crippen molar-refractivity contribution in [3.63, 3.8) is 0 Å². The Morgan fingerprint density at radius 1 is 1.24 bits per heavy atom. The third-order valence-electron chi connectivity index (χ3n) is 7.87. The average Bonchev–Trinajstić information content (AvgIpc) is 2.80. The normalized spacial score (nSPS) is 25.3. The van der Waals surface area contributed by atoms with Gasteiger partial charge in [-0.1, -0.05) is 6.92 Å². The minimum absolute atomic E-state index is 0.0874. The van der Waals surface area contributed by atoms with Crippen LogP contribution < -0.4 is 20.3 Å². The Morgan fingerprint density at radius 3 is 2.48 bits per heavy atom. The van der Waals surface area contributed by atoms with E-state index in [-0.39, 0.29) is 17.0 Å². The molecule has 8 heteroatoms. The van der Waals surface area contributed by atoms with Crippen LogP contribution in [-0.2, 0) is 18.4 Å². The van der Waals surface area contributed by atoms with Crippen molar-refractivity contribution in [2.75, 3.05) is 14.2 Å². The number of rotatable bonds is 7. The number of hydrogen-bond acceptors (Lipinski definition) is 6. The van der Waals surface area contributed by atoms with Gasteiger partial charge in [0.15, 0.2) is 0 Å². The molecule has 33 heavy (non-hydrogen) atoms. The molecule has 2 N–H and O–H groups in total. The summed E-state index contributed by atoms with van der Waals surface area (Å²) in [5.74, 6) is 0.724. The third kappa shape index (κ3) is 2.90. The van der Waals surface area contributed by atoms with Gasteiger partial charge in [-0.25, -0.2) is 0 Å².